The smallest absolute Gasteiger partial charge is 0.337 e. The third-order valence-corrected chi connectivity index (χ3v) is 15.6. The minimum absolute atomic E-state index is 0.0302. The zero-order chi connectivity index (χ0) is 34.0. The van der Waals surface area contributed by atoms with Crippen LogP contribution in [-0.4, -0.2) is 39.1 Å². The first kappa shape index (κ1) is 34.5. The van der Waals surface area contributed by atoms with Crippen LogP contribution < -0.4 is 10.6 Å². The fourth-order valence-electron chi connectivity index (χ4n) is 13.2. The van der Waals surface area contributed by atoms with Gasteiger partial charge in [-0.25, -0.2) is 4.79 Å². The summed E-state index contributed by atoms with van der Waals surface area (Å²) in [6.45, 7) is 21.4. The van der Waals surface area contributed by atoms with Crippen LogP contribution in [0.2, 0.25) is 0 Å². The number of hydrogen-bond acceptors (Lipinski definition) is 4. The number of methoxy groups -OCH3 is 1. The molecule has 1 aromatic rings. The molecule has 0 saturated heterocycles. The molecule has 0 aliphatic heterocycles. The molecule has 0 radical (unpaired) electrons. The molecule has 4 saturated carbocycles. The first-order chi connectivity index (χ1) is 22.2. The number of ether oxygens (including phenoxy) is 1. The highest BCUT2D eigenvalue weighted by Gasteiger charge is 2.71. The number of benzene rings is 1. The van der Waals surface area contributed by atoms with E-state index in [1.165, 1.54) is 49.5 Å². The van der Waals surface area contributed by atoms with Gasteiger partial charge >= 0.3 is 5.97 Å². The molecule has 0 spiro atoms. The van der Waals surface area contributed by atoms with E-state index in [4.69, 9.17) is 4.74 Å². The van der Waals surface area contributed by atoms with Crippen LogP contribution in [0.15, 0.2) is 42.5 Å². The molecule has 0 aromatic heterocycles. The molecule has 5 aliphatic rings. The van der Waals surface area contributed by atoms with Crippen LogP contribution in [0.5, 0.6) is 0 Å². The van der Waals surface area contributed by atoms with Gasteiger partial charge in [0.15, 0.2) is 0 Å². The fraction of sp³-hybridized carbons (Fsp3) is 0.714. The third kappa shape index (κ3) is 5.02. The number of rotatable bonds is 8. The van der Waals surface area contributed by atoms with E-state index in [9.17, 15) is 9.59 Å². The zero-order valence-corrected chi connectivity index (χ0v) is 30.7. The van der Waals surface area contributed by atoms with Gasteiger partial charge in [-0.05, 0) is 159 Å². The summed E-state index contributed by atoms with van der Waals surface area (Å²) in [4.78, 5) is 26.3. The van der Waals surface area contributed by atoms with Crippen molar-refractivity contribution in [3.8, 4) is 0 Å². The van der Waals surface area contributed by atoms with E-state index >= 15 is 0 Å². The van der Waals surface area contributed by atoms with Crippen molar-refractivity contribution in [1.82, 2.24) is 10.6 Å². The van der Waals surface area contributed by atoms with E-state index in [-0.39, 0.29) is 33.0 Å². The van der Waals surface area contributed by atoms with Crippen LogP contribution in [-0.2, 0) is 9.53 Å². The van der Waals surface area contributed by atoms with Crippen LogP contribution in [0.4, 0.5) is 0 Å². The van der Waals surface area contributed by atoms with Crippen LogP contribution in [0.25, 0.3) is 5.57 Å². The molecule has 1 amide bonds. The summed E-state index contributed by atoms with van der Waals surface area (Å²) in [5.74, 6) is 2.69. The molecule has 0 heterocycles. The van der Waals surface area contributed by atoms with E-state index in [2.05, 4.69) is 77.0 Å². The average molecular weight is 643 g/mol. The highest BCUT2D eigenvalue weighted by atomic mass is 16.5. The predicted molar refractivity (Wildman–Crippen MR) is 192 cm³/mol. The van der Waals surface area contributed by atoms with Crippen LogP contribution in [0.1, 0.15) is 122 Å². The Bertz CT molecular complexity index is 1430. The quantitative estimate of drug-likeness (QED) is 0.169. The molecule has 4 fully saturated rings. The van der Waals surface area contributed by atoms with E-state index in [0.717, 1.165) is 51.6 Å². The second-order valence-corrected chi connectivity index (χ2v) is 17.7. The Morgan fingerprint density at radius 3 is 2.28 bits per heavy atom. The second-order valence-electron chi connectivity index (χ2n) is 17.7. The molecule has 5 nitrogen and oxygen atoms in total. The Morgan fingerprint density at radius 1 is 0.894 bits per heavy atom. The van der Waals surface area contributed by atoms with Gasteiger partial charge in [0.1, 0.15) is 0 Å². The maximum Gasteiger partial charge on any atom is 0.337 e. The number of esters is 1. The molecule has 2 N–H and O–H groups in total. The van der Waals surface area contributed by atoms with Gasteiger partial charge in [-0.1, -0.05) is 65.0 Å². The van der Waals surface area contributed by atoms with Gasteiger partial charge in [-0.3, -0.25) is 4.79 Å². The second kappa shape index (κ2) is 12.2. The minimum atomic E-state index is -0.283. The normalized spacial score (nSPS) is 40.2. The number of amides is 1. The molecule has 5 heteroatoms. The maximum absolute atomic E-state index is 14.2. The van der Waals surface area contributed by atoms with Gasteiger partial charge in [-0.15, -0.1) is 0 Å². The van der Waals surface area contributed by atoms with Crippen molar-refractivity contribution >= 4 is 17.4 Å². The Balaban J connectivity index is 1.31. The molecule has 1 aromatic carbocycles. The van der Waals surface area contributed by atoms with Crippen molar-refractivity contribution < 1.29 is 14.3 Å². The van der Waals surface area contributed by atoms with Crippen molar-refractivity contribution in [2.24, 2.45) is 56.7 Å². The lowest BCUT2D eigenvalue weighted by Gasteiger charge is -2.72. The van der Waals surface area contributed by atoms with E-state index in [0.29, 0.717) is 41.1 Å². The molecular formula is C42H62N2O3. The van der Waals surface area contributed by atoms with Crippen molar-refractivity contribution in [2.45, 2.75) is 106 Å². The number of carbonyl (C=O) groups excluding carboxylic acids is 2. The van der Waals surface area contributed by atoms with Crippen LogP contribution >= 0.6 is 0 Å². The highest BCUT2D eigenvalue weighted by Crippen LogP contribution is 2.77. The summed E-state index contributed by atoms with van der Waals surface area (Å²) >= 11 is 0. The topological polar surface area (TPSA) is 67.4 Å². The van der Waals surface area contributed by atoms with Gasteiger partial charge in [0.25, 0.3) is 0 Å². The van der Waals surface area contributed by atoms with Crippen LogP contribution in [0, 0.1) is 56.7 Å². The van der Waals surface area contributed by atoms with E-state index < -0.39 is 0 Å². The SMILES string of the molecule is C=C(C)C1CCC2(C(=O)NCCCNC)CCC3(C)C(CCC4C5(C)CC=C(c6ccc(C(=O)OC)cc6)C(C)(C)C5CCC43C)C12. The summed E-state index contributed by atoms with van der Waals surface area (Å²) in [7, 11) is 3.42. The first-order valence-electron chi connectivity index (χ1n) is 18.7. The van der Waals surface area contributed by atoms with Crippen molar-refractivity contribution in [3.63, 3.8) is 0 Å². The van der Waals surface area contributed by atoms with Crippen molar-refractivity contribution in [1.29, 1.82) is 0 Å². The zero-order valence-electron chi connectivity index (χ0n) is 30.7. The fourth-order valence-corrected chi connectivity index (χ4v) is 13.2. The lowest BCUT2D eigenvalue weighted by Crippen LogP contribution is -2.66. The van der Waals surface area contributed by atoms with Gasteiger partial charge in [0.2, 0.25) is 5.91 Å². The Hall–Kier alpha value is -2.40. The van der Waals surface area contributed by atoms with E-state index in [1.807, 2.05) is 19.2 Å². The summed E-state index contributed by atoms with van der Waals surface area (Å²) in [6, 6.07) is 8.07. The van der Waals surface area contributed by atoms with Gasteiger partial charge in [0, 0.05) is 6.54 Å². The number of carbonyl (C=O) groups is 2. The third-order valence-electron chi connectivity index (χ3n) is 15.6. The molecule has 5 aliphatic carbocycles. The molecule has 0 bridgehead atoms. The van der Waals surface area contributed by atoms with Gasteiger partial charge in [-0.2, -0.15) is 0 Å². The molecule has 258 valence electrons. The average Bonchev–Trinajstić information content (AvgIpc) is 3.44. The predicted octanol–water partition coefficient (Wildman–Crippen LogP) is 8.85. The number of hydrogen-bond donors (Lipinski definition) is 2. The summed E-state index contributed by atoms with van der Waals surface area (Å²) < 4.78 is 4.95. The molecule has 6 rings (SSSR count). The van der Waals surface area contributed by atoms with Gasteiger partial charge in [0.05, 0.1) is 18.1 Å². The Morgan fingerprint density at radius 2 is 1.62 bits per heavy atom. The molecule has 9 unspecified atom stereocenters. The summed E-state index contributed by atoms with van der Waals surface area (Å²) in [5.41, 5.74) is 5.01. The first-order valence-corrected chi connectivity index (χ1v) is 18.7. The molecular weight excluding hydrogens is 580 g/mol. The van der Waals surface area contributed by atoms with Gasteiger partial charge < -0.3 is 15.4 Å². The molecule has 47 heavy (non-hydrogen) atoms. The molecule has 9 atom stereocenters. The largest absolute Gasteiger partial charge is 0.465 e. The highest BCUT2D eigenvalue weighted by molar-refractivity contribution is 5.90. The lowest BCUT2D eigenvalue weighted by atomic mass is 9.32. The maximum atomic E-state index is 14.2. The van der Waals surface area contributed by atoms with E-state index in [1.54, 1.807) is 0 Å². The minimum Gasteiger partial charge on any atom is -0.465 e. The number of allylic oxidation sites excluding steroid dienone is 3. The monoisotopic (exact) mass is 642 g/mol. The summed E-state index contributed by atoms with van der Waals surface area (Å²) in [5, 5.41) is 6.65. The van der Waals surface area contributed by atoms with Crippen LogP contribution in [0.3, 0.4) is 0 Å². The number of fused-ring (bicyclic) bond motifs is 7. The number of nitrogens with one attached hydrogen (secondary N) is 2. The lowest BCUT2D eigenvalue weighted by molar-refractivity contribution is -0.225. The Kier molecular flexibility index (Phi) is 8.93. The summed E-state index contributed by atoms with van der Waals surface area (Å²) in [6.07, 6.45) is 13.9. The Labute approximate surface area is 285 Å². The van der Waals surface area contributed by atoms with Crippen molar-refractivity contribution in [2.75, 3.05) is 27.2 Å². The van der Waals surface area contributed by atoms with Crippen molar-refractivity contribution in [3.05, 3.63) is 53.6 Å². The standard InChI is InChI=1S/C42H62N2O3/c1-27(2)30-17-22-42(37(46)44-26-10-25-43-8)24-23-40(6)32(35(30)42)15-16-34-39(5)20-18-31(28-11-13-29(14-12-28)36(45)47-9)38(3,4)33(39)19-21-41(34,40)7/h11-14,18,30,32-35,43H,1,10,15-17,19-26H2,2-9H3,(H,44,46).